The first-order valence-electron chi connectivity index (χ1n) is 6.35. The van der Waals surface area contributed by atoms with Crippen LogP contribution in [0.4, 0.5) is 0 Å². The smallest absolute Gasteiger partial charge is 0.138 e. The summed E-state index contributed by atoms with van der Waals surface area (Å²) in [6, 6.07) is 6.17. The van der Waals surface area contributed by atoms with Crippen molar-refractivity contribution < 1.29 is 9.84 Å². The summed E-state index contributed by atoms with van der Waals surface area (Å²) in [7, 11) is 0. The molecular formula is C14H22ClNO2. The first-order chi connectivity index (χ1) is 8.52. The van der Waals surface area contributed by atoms with Gasteiger partial charge in [0.15, 0.2) is 0 Å². The van der Waals surface area contributed by atoms with Gasteiger partial charge in [0, 0.05) is 12.6 Å². The molecule has 0 spiro atoms. The van der Waals surface area contributed by atoms with Crippen LogP contribution in [0.1, 0.15) is 32.8 Å². The molecule has 0 aliphatic rings. The first kappa shape index (κ1) is 15.3. The number of ether oxygens (including phenoxy) is 1. The lowest BCUT2D eigenvalue weighted by Gasteiger charge is -2.13. The summed E-state index contributed by atoms with van der Waals surface area (Å²) < 4.78 is 5.47. The number of nitrogens with one attached hydrogen (secondary N) is 1. The third-order valence-electron chi connectivity index (χ3n) is 2.61. The minimum Gasteiger partial charge on any atom is -0.489 e. The molecule has 0 fully saturated rings. The van der Waals surface area contributed by atoms with Gasteiger partial charge in [-0.2, -0.15) is 0 Å². The van der Waals surface area contributed by atoms with Crippen LogP contribution >= 0.6 is 11.6 Å². The molecule has 0 saturated heterocycles. The molecule has 0 radical (unpaired) electrons. The van der Waals surface area contributed by atoms with Crippen molar-refractivity contribution in [2.24, 2.45) is 0 Å². The highest BCUT2D eigenvalue weighted by Crippen LogP contribution is 2.25. The molecule has 1 rings (SSSR count). The van der Waals surface area contributed by atoms with Crippen molar-refractivity contribution in [3.05, 3.63) is 28.8 Å². The Bertz CT molecular complexity index is 369. The van der Waals surface area contributed by atoms with Gasteiger partial charge in [-0.3, -0.25) is 0 Å². The maximum absolute atomic E-state index is 9.43. The highest BCUT2D eigenvalue weighted by Gasteiger charge is 2.06. The summed E-state index contributed by atoms with van der Waals surface area (Å²) in [6.07, 6.45) is 0.233. The zero-order valence-corrected chi connectivity index (χ0v) is 12.0. The van der Waals surface area contributed by atoms with Crippen molar-refractivity contribution in [2.45, 2.75) is 45.9 Å². The van der Waals surface area contributed by atoms with Gasteiger partial charge in [-0.1, -0.05) is 38.4 Å². The van der Waals surface area contributed by atoms with Crippen LogP contribution in [-0.4, -0.2) is 23.9 Å². The number of hydrogen-bond donors (Lipinski definition) is 2. The monoisotopic (exact) mass is 271 g/mol. The molecule has 0 saturated carbocycles. The molecule has 1 aromatic carbocycles. The Morgan fingerprint density at radius 2 is 2.11 bits per heavy atom. The molecular weight excluding hydrogens is 250 g/mol. The Labute approximate surface area is 114 Å². The van der Waals surface area contributed by atoms with E-state index in [0.717, 1.165) is 12.1 Å². The fourth-order valence-electron chi connectivity index (χ4n) is 1.40. The van der Waals surface area contributed by atoms with Gasteiger partial charge in [0.2, 0.25) is 0 Å². The second kappa shape index (κ2) is 7.62. The quantitative estimate of drug-likeness (QED) is 0.801. The number of benzene rings is 1. The maximum atomic E-state index is 9.43. The number of aliphatic hydroxyl groups is 1. The van der Waals surface area contributed by atoms with E-state index in [0.29, 0.717) is 23.2 Å². The van der Waals surface area contributed by atoms with E-state index in [1.165, 1.54) is 0 Å². The molecule has 0 amide bonds. The third kappa shape index (κ3) is 5.25. The molecule has 18 heavy (non-hydrogen) atoms. The molecule has 0 bridgehead atoms. The SMILES string of the molecule is CCC(O)COc1ccc(CNC(C)C)cc1Cl. The zero-order valence-electron chi connectivity index (χ0n) is 11.2. The molecule has 102 valence electrons. The fourth-order valence-corrected chi connectivity index (χ4v) is 1.65. The van der Waals surface area contributed by atoms with E-state index in [1.807, 2.05) is 25.1 Å². The number of aliphatic hydroxyl groups excluding tert-OH is 1. The average molecular weight is 272 g/mol. The predicted octanol–water partition coefficient (Wildman–Crippen LogP) is 2.99. The normalized spacial score (nSPS) is 12.8. The number of halogens is 1. The fraction of sp³-hybridized carbons (Fsp3) is 0.571. The molecule has 4 heteroatoms. The average Bonchev–Trinajstić information content (AvgIpc) is 2.34. The highest BCUT2D eigenvalue weighted by atomic mass is 35.5. The minimum absolute atomic E-state index is 0.278. The second-order valence-corrected chi connectivity index (χ2v) is 5.08. The van der Waals surface area contributed by atoms with E-state index in [-0.39, 0.29) is 6.61 Å². The molecule has 0 aliphatic carbocycles. The van der Waals surface area contributed by atoms with Crippen molar-refractivity contribution in [3.8, 4) is 5.75 Å². The van der Waals surface area contributed by atoms with E-state index in [1.54, 1.807) is 0 Å². The summed E-state index contributed by atoms with van der Waals surface area (Å²) >= 11 is 6.14. The Balaban J connectivity index is 2.56. The van der Waals surface area contributed by atoms with Crippen LogP contribution in [0, 0.1) is 0 Å². The van der Waals surface area contributed by atoms with E-state index < -0.39 is 6.10 Å². The number of rotatable bonds is 7. The van der Waals surface area contributed by atoms with Crippen LogP contribution in [0.3, 0.4) is 0 Å². The lowest BCUT2D eigenvalue weighted by Crippen LogP contribution is -2.21. The lowest BCUT2D eigenvalue weighted by molar-refractivity contribution is 0.104. The summed E-state index contributed by atoms with van der Waals surface area (Å²) in [5, 5.41) is 13.3. The van der Waals surface area contributed by atoms with Crippen molar-refractivity contribution in [3.63, 3.8) is 0 Å². The molecule has 0 aromatic heterocycles. The second-order valence-electron chi connectivity index (χ2n) is 4.67. The molecule has 3 nitrogen and oxygen atoms in total. The Morgan fingerprint density at radius 3 is 2.67 bits per heavy atom. The summed E-state index contributed by atoms with van der Waals surface area (Å²) in [6.45, 7) is 7.18. The molecule has 1 aromatic rings. The van der Waals surface area contributed by atoms with Crippen molar-refractivity contribution in [2.75, 3.05) is 6.61 Å². The van der Waals surface area contributed by atoms with Crippen LogP contribution in [0.5, 0.6) is 5.75 Å². The van der Waals surface area contributed by atoms with Crippen LogP contribution in [0.2, 0.25) is 5.02 Å². The van der Waals surface area contributed by atoms with Crippen LogP contribution in [0.25, 0.3) is 0 Å². The van der Waals surface area contributed by atoms with Gasteiger partial charge in [-0.15, -0.1) is 0 Å². The van der Waals surface area contributed by atoms with E-state index >= 15 is 0 Å². The van der Waals surface area contributed by atoms with Crippen LogP contribution < -0.4 is 10.1 Å². The molecule has 2 N–H and O–H groups in total. The Morgan fingerprint density at radius 1 is 1.39 bits per heavy atom. The van der Waals surface area contributed by atoms with Gasteiger partial charge in [0.05, 0.1) is 11.1 Å². The Hall–Kier alpha value is -0.770. The molecule has 1 atom stereocenters. The van der Waals surface area contributed by atoms with Gasteiger partial charge in [-0.05, 0) is 24.1 Å². The topological polar surface area (TPSA) is 41.5 Å². The van der Waals surface area contributed by atoms with E-state index in [4.69, 9.17) is 16.3 Å². The standard InChI is InChI=1S/C14H22ClNO2/c1-4-12(17)9-18-14-6-5-11(7-13(14)15)8-16-10(2)3/h5-7,10,12,16-17H,4,8-9H2,1-3H3. The van der Waals surface area contributed by atoms with Crippen molar-refractivity contribution >= 4 is 11.6 Å². The van der Waals surface area contributed by atoms with E-state index in [2.05, 4.69) is 19.2 Å². The molecule has 1 unspecified atom stereocenters. The third-order valence-corrected chi connectivity index (χ3v) is 2.91. The summed E-state index contributed by atoms with van der Waals surface area (Å²) in [5.41, 5.74) is 1.12. The van der Waals surface area contributed by atoms with Crippen molar-refractivity contribution in [1.29, 1.82) is 0 Å². The van der Waals surface area contributed by atoms with Gasteiger partial charge in [0.25, 0.3) is 0 Å². The van der Waals surface area contributed by atoms with Crippen LogP contribution in [-0.2, 0) is 6.54 Å². The highest BCUT2D eigenvalue weighted by molar-refractivity contribution is 6.32. The predicted molar refractivity (Wildman–Crippen MR) is 75.2 cm³/mol. The maximum Gasteiger partial charge on any atom is 0.138 e. The Kier molecular flexibility index (Phi) is 6.47. The van der Waals surface area contributed by atoms with Gasteiger partial charge < -0.3 is 15.2 Å². The van der Waals surface area contributed by atoms with Crippen LogP contribution in [0.15, 0.2) is 18.2 Å². The van der Waals surface area contributed by atoms with Gasteiger partial charge in [-0.25, -0.2) is 0 Å². The summed E-state index contributed by atoms with van der Waals surface area (Å²) in [5.74, 6) is 0.623. The molecule has 0 heterocycles. The van der Waals surface area contributed by atoms with Crippen molar-refractivity contribution in [1.82, 2.24) is 5.32 Å². The first-order valence-corrected chi connectivity index (χ1v) is 6.73. The summed E-state index contributed by atoms with van der Waals surface area (Å²) in [4.78, 5) is 0. The lowest BCUT2D eigenvalue weighted by atomic mass is 10.2. The largest absolute Gasteiger partial charge is 0.489 e. The van der Waals surface area contributed by atoms with Gasteiger partial charge in [0.1, 0.15) is 12.4 Å². The molecule has 0 aliphatic heterocycles. The minimum atomic E-state index is -0.441. The van der Waals surface area contributed by atoms with Gasteiger partial charge >= 0.3 is 0 Å². The zero-order chi connectivity index (χ0) is 13.5. The number of hydrogen-bond acceptors (Lipinski definition) is 3. The van der Waals surface area contributed by atoms with E-state index in [9.17, 15) is 5.11 Å².